The van der Waals surface area contributed by atoms with Gasteiger partial charge in [0.1, 0.15) is 11.8 Å². The highest BCUT2D eigenvalue weighted by atomic mass is 35.5. The fraction of sp³-hybridized carbons (Fsp3) is 0.300. The average Bonchev–Trinajstić information content (AvgIpc) is 2.68. The second kappa shape index (κ2) is 10.6. The Morgan fingerprint density at radius 1 is 1.11 bits per heavy atom. The molecule has 2 amide bonds. The predicted octanol–water partition coefficient (Wildman–Crippen LogP) is 4.58. The van der Waals surface area contributed by atoms with Gasteiger partial charge in [0.25, 0.3) is 5.91 Å². The van der Waals surface area contributed by atoms with E-state index in [2.05, 4.69) is 5.32 Å². The average molecular weight is 444 g/mol. The zero-order valence-corrected chi connectivity index (χ0v) is 17.8. The molecule has 1 N–H and O–H groups in total. The van der Waals surface area contributed by atoms with Crippen LogP contribution in [0.1, 0.15) is 18.9 Å². The number of halogens is 3. The van der Waals surface area contributed by atoms with E-state index in [1.54, 1.807) is 42.5 Å². The zero-order chi connectivity index (χ0) is 20.7. The smallest absolute Gasteiger partial charge is 0.261 e. The summed E-state index contributed by atoms with van der Waals surface area (Å²) in [6.07, 6.45) is 0.421. The van der Waals surface area contributed by atoms with E-state index in [1.807, 2.05) is 6.92 Å². The van der Waals surface area contributed by atoms with E-state index in [9.17, 15) is 9.59 Å². The Balaban J connectivity index is 2.26. The zero-order valence-electron chi connectivity index (χ0n) is 15.5. The maximum atomic E-state index is 13.0. The van der Waals surface area contributed by atoms with Crippen molar-refractivity contribution in [2.45, 2.75) is 25.9 Å². The molecule has 0 heterocycles. The highest BCUT2D eigenvalue weighted by Gasteiger charge is 2.29. The third-order valence-electron chi connectivity index (χ3n) is 4.18. The molecule has 1 atom stereocenters. The first-order valence-electron chi connectivity index (χ1n) is 8.69. The van der Waals surface area contributed by atoms with Gasteiger partial charge in [0.15, 0.2) is 6.61 Å². The van der Waals surface area contributed by atoms with Crippen molar-refractivity contribution in [3.63, 3.8) is 0 Å². The fourth-order valence-corrected chi connectivity index (χ4v) is 3.42. The van der Waals surface area contributed by atoms with Crippen LogP contribution in [0, 0.1) is 0 Å². The molecule has 0 fully saturated rings. The number of hydrogen-bond donors (Lipinski definition) is 1. The standard InChI is InChI=1S/C20H21Cl3N2O3/c1-3-18(20(27)24-2)25(11-15-16(22)8-5-9-17(15)23)19(26)12-28-14-7-4-6-13(21)10-14/h4-10,18H,3,11-12H2,1-2H3,(H,24,27)/t18-/m0/s1. The number of nitrogens with zero attached hydrogens (tertiary/aromatic N) is 1. The van der Waals surface area contributed by atoms with Crippen LogP contribution in [0.5, 0.6) is 5.75 Å². The largest absolute Gasteiger partial charge is 0.484 e. The summed E-state index contributed by atoms with van der Waals surface area (Å²) in [6.45, 7) is 1.66. The molecule has 2 aromatic carbocycles. The minimum absolute atomic E-state index is 0.0855. The lowest BCUT2D eigenvalue weighted by Gasteiger charge is -2.30. The lowest BCUT2D eigenvalue weighted by molar-refractivity contribution is -0.142. The molecule has 0 radical (unpaired) electrons. The number of ether oxygens (including phenoxy) is 1. The first-order chi connectivity index (χ1) is 13.4. The van der Waals surface area contributed by atoms with Gasteiger partial charge in [-0.15, -0.1) is 0 Å². The molecule has 0 aliphatic heterocycles. The molecule has 5 nitrogen and oxygen atoms in total. The summed E-state index contributed by atoms with van der Waals surface area (Å²) in [4.78, 5) is 26.7. The van der Waals surface area contributed by atoms with Crippen molar-refractivity contribution < 1.29 is 14.3 Å². The highest BCUT2D eigenvalue weighted by Crippen LogP contribution is 2.27. The molecule has 2 aromatic rings. The fourth-order valence-electron chi connectivity index (χ4n) is 2.72. The van der Waals surface area contributed by atoms with E-state index in [0.29, 0.717) is 32.8 Å². The number of carbonyl (C=O) groups excluding carboxylic acids is 2. The predicted molar refractivity (Wildman–Crippen MR) is 112 cm³/mol. The van der Waals surface area contributed by atoms with Crippen molar-refractivity contribution in [2.75, 3.05) is 13.7 Å². The van der Waals surface area contributed by atoms with E-state index < -0.39 is 6.04 Å². The lowest BCUT2D eigenvalue weighted by atomic mass is 10.1. The van der Waals surface area contributed by atoms with Gasteiger partial charge in [-0.3, -0.25) is 9.59 Å². The summed E-state index contributed by atoms with van der Waals surface area (Å²) in [5, 5.41) is 3.94. The topological polar surface area (TPSA) is 58.6 Å². The van der Waals surface area contributed by atoms with Crippen LogP contribution in [0.2, 0.25) is 15.1 Å². The van der Waals surface area contributed by atoms with Gasteiger partial charge < -0.3 is 15.0 Å². The minimum Gasteiger partial charge on any atom is -0.484 e. The number of carbonyl (C=O) groups is 2. The summed E-state index contributed by atoms with van der Waals surface area (Å²) in [5.41, 5.74) is 0.573. The minimum atomic E-state index is -0.687. The highest BCUT2D eigenvalue weighted by molar-refractivity contribution is 6.36. The SMILES string of the molecule is CC[C@@H](C(=O)NC)N(Cc1c(Cl)cccc1Cl)C(=O)COc1cccc(Cl)c1. The number of amides is 2. The third-order valence-corrected chi connectivity index (χ3v) is 5.12. The van der Waals surface area contributed by atoms with Crippen LogP contribution < -0.4 is 10.1 Å². The second-order valence-electron chi connectivity index (χ2n) is 6.01. The lowest BCUT2D eigenvalue weighted by Crippen LogP contribution is -2.49. The first kappa shape index (κ1) is 22.3. The molecular formula is C20H21Cl3N2O3. The van der Waals surface area contributed by atoms with E-state index >= 15 is 0 Å². The van der Waals surface area contributed by atoms with Crippen LogP contribution in [0.3, 0.4) is 0 Å². The van der Waals surface area contributed by atoms with Crippen LogP contribution >= 0.6 is 34.8 Å². The van der Waals surface area contributed by atoms with Crippen molar-refractivity contribution in [3.8, 4) is 5.75 Å². The number of hydrogen-bond acceptors (Lipinski definition) is 3. The second-order valence-corrected chi connectivity index (χ2v) is 7.26. The normalized spacial score (nSPS) is 11.6. The van der Waals surface area contributed by atoms with E-state index in [1.165, 1.54) is 11.9 Å². The molecule has 150 valence electrons. The molecule has 0 aromatic heterocycles. The number of rotatable bonds is 8. The summed E-state index contributed by atoms with van der Waals surface area (Å²) in [5.74, 6) is -0.183. The van der Waals surface area contributed by atoms with Crippen molar-refractivity contribution >= 4 is 46.6 Å². The Morgan fingerprint density at radius 2 is 1.75 bits per heavy atom. The van der Waals surface area contributed by atoms with Crippen LogP contribution in [0.25, 0.3) is 0 Å². The number of benzene rings is 2. The molecule has 0 saturated carbocycles. The number of likely N-dealkylation sites (N-methyl/N-ethyl adjacent to an activating group) is 1. The summed E-state index contributed by atoms with van der Waals surface area (Å²) < 4.78 is 5.56. The van der Waals surface area contributed by atoms with Crippen molar-refractivity contribution in [1.82, 2.24) is 10.2 Å². The molecule has 0 spiro atoms. The summed E-state index contributed by atoms with van der Waals surface area (Å²) in [7, 11) is 1.53. The van der Waals surface area contributed by atoms with Gasteiger partial charge in [-0.2, -0.15) is 0 Å². The van der Waals surface area contributed by atoms with Gasteiger partial charge in [-0.05, 0) is 36.8 Å². The Labute approximate surface area is 179 Å². The molecule has 0 bridgehead atoms. The Hall–Kier alpha value is -1.95. The van der Waals surface area contributed by atoms with Crippen molar-refractivity contribution in [1.29, 1.82) is 0 Å². The van der Waals surface area contributed by atoms with E-state index in [0.717, 1.165) is 0 Å². The van der Waals surface area contributed by atoms with Crippen molar-refractivity contribution in [2.24, 2.45) is 0 Å². The number of nitrogens with one attached hydrogen (secondary N) is 1. The van der Waals surface area contributed by atoms with Crippen LogP contribution in [0.4, 0.5) is 0 Å². The molecular weight excluding hydrogens is 423 g/mol. The molecule has 0 unspecified atom stereocenters. The van der Waals surface area contributed by atoms with Gasteiger partial charge in [-0.1, -0.05) is 53.9 Å². The molecule has 28 heavy (non-hydrogen) atoms. The summed E-state index contributed by atoms with van der Waals surface area (Å²) >= 11 is 18.5. The van der Waals surface area contributed by atoms with Crippen molar-refractivity contribution in [3.05, 3.63) is 63.1 Å². The summed E-state index contributed by atoms with van der Waals surface area (Å²) in [6, 6.07) is 11.2. The Bertz CT molecular complexity index is 825. The van der Waals surface area contributed by atoms with Gasteiger partial charge in [0, 0.05) is 34.2 Å². The molecule has 0 aliphatic rings. The van der Waals surface area contributed by atoms with Gasteiger partial charge >= 0.3 is 0 Å². The van der Waals surface area contributed by atoms with E-state index in [4.69, 9.17) is 39.5 Å². The molecule has 2 rings (SSSR count). The molecule has 0 aliphatic carbocycles. The van der Waals surface area contributed by atoms with Gasteiger partial charge in [0.2, 0.25) is 5.91 Å². The van der Waals surface area contributed by atoms with Crippen LogP contribution in [-0.2, 0) is 16.1 Å². The van der Waals surface area contributed by atoms with Gasteiger partial charge in [0.05, 0.1) is 0 Å². The van der Waals surface area contributed by atoms with Crippen LogP contribution in [-0.4, -0.2) is 36.4 Å². The maximum Gasteiger partial charge on any atom is 0.261 e. The maximum absolute atomic E-state index is 13.0. The van der Waals surface area contributed by atoms with E-state index in [-0.39, 0.29) is 25.0 Å². The van der Waals surface area contributed by atoms with Crippen LogP contribution in [0.15, 0.2) is 42.5 Å². The molecule has 0 saturated heterocycles. The first-order valence-corrected chi connectivity index (χ1v) is 9.83. The van der Waals surface area contributed by atoms with Gasteiger partial charge in [-0.25, -0.2) is 0 Å². The Morgan fingerprint density at radius 3 is 2.32 bits per heavy atom. The third kappa shape index (κ3) is 5.77. The monoisotopic (exact) mass is 442 g/mol. The quantitative estimate of drug-likeness (QED) is 0.650. The Kier molecular flexibility index (Phi) is 8.42. The molecule has 8 heteroatoms.